The molecule has 1 amide bonds. The van der Waals surface area contributed by atoms with Crippen molar-refractivity contribution in [3.8, 4) is 0 Å². The smallest absolute Gasteiger partial charge is 0.273 e. The molecule has 0 spiro atoms. The third-order valence-electron chi connectivity index (χ3n) is 1.96. The molecule has 0 bridgehead atoms. The minimum absolute atomic E-state index is 0.119. The molecule has 1 rings (SSSR count). The molecular weight excluding hydrogens is 212 g/mol. The lowest BCUT2D eigenvalue weighted by atomic mass is 10.3. The van der Waals surface area contributed by atoms with Gasteiger partial charge in [-0.3, -0.25) is 4.79 Å². The summed E-state index contributed by atoms with van der Waals surface area (Å²) < 4.78 is 1.73. The molecule has 1 heterocycles. The lowest BCUT2D eigenvalue weighted by Gasteiger charge is -2.14. The highest BCUT2D eigenvalue weighted by atomic mass is 32.1. The third-order valence-corrected chi connectivity index (χ3v) is 2.17. The van der Waals surface area contributed by atoms with Crippen molar-refractivity contribution in [3.05, 3.63) is 18.2 Å². The quantitative estimate of drug-likeness (QED) is 0.743. The highest BCUT2D eigenvalue weighted by molar-refractivity contribution is 7.80. The van der Waals surface area contributed by atoms with Crippen molar-refractivity contribution >= 4 is 23.1 Å². The first-order valence-corrected chi connectivity index (χ1v) is 4.93. The number of aromatic nitrogens is 2. The summed E-state index contributed by atoms with van der Waals surface area (Å²) in [4.78, 5) is 17.7. The zero-order valence-electron chi connectivity index (χ0n) is 8.80. The maximum atomic E-state index is 11.7. The highest BCUT2D eigenvalue weighted by Crippen LogP contribution is 2.00. The predicted molar refractivity (Wildman–Crippen MR) is 61.6 cm³/mol. The molecule has 1 aromatic heterocycles. The minimum atomic E-state index is -0.119. The topological polar surface area (TPSA) is 64.2 Å². The van der Waals surface area contributed by atoms with Crippen molar-refractivity contribution in [2.75, 3.05) is 13.6 Å². The second-order valence-corrected chi connectivity index (χ2v) is 3.89. The number of nitrogens with zero attached hydrogens (tertiary/aromatic N) is 3. The summed E-state index contributed by atoms with van der Waals surface area (Å²) in [6, 6.07) is 0. The summed E-state index contributed by atoms with van der Waals surface area (Å²) in [5, 5.41) is 0. The van der Waals surface area contributed by atoms with Crippen molar-refractivity contribution in [1.82, 2.24) is 14.5 Å². The van der Waals surface area contributed by atoms with Crippen LogP contribution in [0.5, 0.6) is 0 Å². The summed E-state index contributed by atoms with van der Waals surface area (Å²) in [7, 11) is 3.52. The van der Waals surface area contributed by atoms with Gasteiger partial charge in [0, 0.05) is 33.3 Å². The van der Waals surface area contributed by atoms with Gasteiger partial charge in [-0.15, -0.1) is 0 Å². The molecule has 0 aromatic carbocycles. The van der Waals surface area contributed by atoms with Crippen molar-refractivity contribution in [1.29, 1.82) is 0 Å². The van der Waals surface area contributed by atoms with Crippen LogP contribution < -0.4 is 5.73 Å². The molecule has 0 aliphatic rings. The molecule has 6 heteroatoms. The van der Waals surface area contributed by atoms with E-state index in [1.165, 1.54) is 0 Å². The van der Waals surface area contributed by atoms with Crippen LogP contribution in [-0.4, -0.2) is 38.9 Å². The number of rotatable bonds is 4. The molecular formula is C9H14N4OS. The first-order chi connectivity index (χ1) is 7.00. The lowest BCUT2D eigenvalue weighted by molar-refractivity contribution is 0.0793. The summed E-state index contributed by atoms with van der Waals surface area (Å²) in [6.07, 6.45) is 3.80. The number of imidazole rings is 1. The van der Waals surface area contributed by atoms with E-state index < -0.39 is 0 Å². The molecule has 0 atom stereocenters. The van der Waals surface area contributed by atoms with E-state index in [0.29, 0.717) is 23.6 Å². The summed E-state index contributed by atoms with van der Waals surface area (Å²) in [6.45, 7) is 0.519. The first kappa shape index (κ1) is 11.6. The maximum Gasteiger partial charge on any atom is 0.273 e. The molecule has 0 saturated heterocycles. The Morgan fingerprint density at radius 2 is 2.40 bits per heavy atom. The van der Waals surface area contributed by atoms with Crippen LogP contribution in [0.3, 0.4) is 0 Å². The zero-order valence-corrected chi connectivity index (χ0v) is 9.62. The molecule has 15 heavy (non-hydrogen) atoms. The molecule has 5 nitrogen and oxygen atoms in total. The van der Waals surface area contributed by atoms with Crippen molar-refractivity contribution in [2.45, 2.75) is 6.42 Å². The Balaban J connectivity index is 2.57. The van der Waals surface area contributed by atoms with Crippen LogP contribution in [0.4, 0.5) is 0 Å². The molecule has 0 unspecified atom stereocenters. The van der Waals surface area contributed by atoms with Gasteiger partial charge in [0.2, 0.25) is 0 Å². The molecule has 82 valence electrons. The van der Waals surface area contributed by atoms with Gasteiger partial charge in [0.05, 0.1) is 11.3 Å². The van der Waals surface area contributed by atoms with Crippen molar-refractivity contribution in [3.63, 3.8) is 0 Å². The van der Waals surface area contributed by atoms with Crippen LogP contribution in [0.15, 0.2) is 12.5 Å². The number of hydrogen-bond acceptors (Lipinski definition) is 3. The van der Waals surface area contributed by atoms with E-state index in [0.717, 1.165) is 0 Å². The lowest BCUT2D eigenvalue weighted by Crippen LogP contribution is -2.30. The number of hydrogen-bond donors (Lipinski definition) is 1. The van der Waals surface area contributed by atoms with Crippen LogP contribution in [-0.2, 0) is 7.05 Å². The summed E-state index contributed by atoms with van der Waals surface area (Å²) >= 11 is 4.74. The molecule has 0 saturated carbocycles. The van der Waals surface area contributed by atoms with Crippen molar-refractivity contribution < 1.29 is 4.79 Å². The highest BCUT2D eigenvalue weighted by Gasteiger charge is 2.13. The number of thiocarbonyl (C=S) groups is 1. The van der Waals surface area contributed by atoms with Crippen LogP contribution >= 0.6 is 12.2 Å². The maximum absolute atomic E-state index is 11.7. The number of nitrogens with two attached hydrogens (primary N) is 1. The summed E-state index contributed by atoms with van der Waals surface area (Å²) in [5.74, 6) is -0.119. The van der Waals surface area contributed by atoms with Crippen LogP contribution in [0, 0.1) is 0 Å². The average Bonchev–Trinajstić information content (AvgIpc) is 2.60. The zero-order chi connectivity index (χ0) is 11.4. The first-order valence-electron chi connectivity index (χ1n) is 4.52. The van der Waals surface area contributed by atoms with E-state index in [1.807, 2.05) is 7.05 Å². The van der Waals surface area contributed by atoms with Gasteiger partial charge >= 0.3 is 0 Å². The molecule has 0 aliphatic heterocycles. The second-order valence-electron chi connectivity index (χ2n) is 3.37. The Morgan fingerprint density at radius 3 is 2.87 bits per heavy atom. The minimum Gasteiger partial charge on any atom is -0.393 e. The predicted octanol–water partition coefficient (Wildman–Crippen LogP) is 0.168. The van der Waals surface area contributed by atoms with Crippen molar-refractivity contribution in [2.24, 2.45) is 12.8 Å². The van der Waals surface area contributed by atoms with Gasteiger partial charge in [-0.05, 0) is 0 Å². The fourth-order valence-corrected chi connectivity index (χ4v) is 1.19. The fraction of sp³-hybridized carbons (Fsp3) is 0.444. The van der Waals surface area contributed by atoms with Gasteiger partial charge < -0.3 is 15.2 Å². The van der Waals surface area contributed by atoms with Gasteiger partial charge in [-0.25, -0.2) is 4.98 Å². The average molecular weight is 226 g/mol. The molecule has 2 N–H and O–H groups in total. The van der Waals surface area contributed by atoms with Crippen LogP contribution in [0.25, 0.3) is 0 Å². The number of amides is 1. The van der Waals surface area contributed by atoms with E-state index in [-0.39, 0.29) is 5.91 Å². The number of aryl methyl sites for hydroxylation is 1. The number of carbonyl (C=O) groups is 1. The molecule has 1 aromatic rings. The van der Waals surface area contributed by atoms with E-state index >= 15 is 0 Å². The van der Waals surface area contributed by atoms with Crippen LogP contribution in [0.2, 0.25) is 0 Å². The third kappa shape index (κ3) is 3.32. The Kier molecular flexibility index (Phi) is 3.79. The molecule has 0 radical (unpaired) electrons. The number of carbonyl (C=O) groups excluding carboxylic acids is 1. The summed E-state index contributed by atoms with van der Waals surface area (Å²) in [5.41, 5.74) is 5.79. The fourth-order valence-electron chi connectivity index (χ4n) is 1.10. The normalized spacial score (nSPS) is 10.0. The largest absolute Gasteiger partial charge is 0.393 e. The van der Waals surface area contributed by atoms with E-state index in [2.05, 4.69) is 4.98 Å². The second kappa shape index (κ2) is 4.88. The standard InChI is InChI=1S/C9H14N4OS/c1-12-5-7(11-6-12)9(14)13(2)4-3-8(10)15/h5-6H,3-4H2,1-2H3,(H2,10,15). The van der Waals surface area contributed by atoms with Crippen LogP contribution in [0.1, 0.15) is 16.9 Å². The van der Waals surface area contributed by atoms with Gasteiger partial charge in [0.1, 0.15) is 5.69 Å². The van der Waals surface area contributed by atoms with Gasteiger partial charge in [0.15, 0.2) is 0 Å². The molecule has 0 aliphatic carbocycles. The van der Waals surface area contributed by atoms with Gasteiger partial charge in [0.25, 0.3) is 5.91 Å². The SMILES string of the molecule is CN(CCC(N)=S)C(=O)c1cn(C)cn1. The molecule has 0 fully saturated rings. The van der Waals surface area contributed by atoms with Gasteiger partial charge in [-0.2, -0.15) is 0 Å². The Morgan fingerprint density at radius 1 is 1.73 bits per heavy atom. The Hall–Kier alpha value is -1.43. The van der Waals surface area contributed by atoms with E-state index in [9.17, 15) is 4.79 Å². The van der Waals surface area contributed by atoms with E-state index in [1.54, 1.807) is 29.0 Å². The van der Waals surface area contributed by atoms with Gasteiger partial charge in [-0.1, -0.05) is 12.2 Å². The Bertz CT molecular complexity index is 374. The monoisotopic (exact) mass is 226 g/mol. The van der Waals surface area contributed by atoms with E-state index in [4.69, 9.17) is 18.0 Å². The Labute approximate surface area is 93.9 Å².